The standard InChI is InChI=1S/C12H31O9PSi2/c1-7-14-23(15-8-2,16-9-3)20-22(13)21-24(17-10-4,18-11-5)19-12-6/h22H,7-12H2,1-6H3. The largest absolute Gasteiger partial charge is 0.686 e. The van der Waals surface area contributed by atoms with Crippen molar-refractivity contribution in [3.8, 4) is 0 Å². The molecule has 0 aliphatic carbocycles. The average molecular weight is 407 g/mol. The molecule has 24 heavy (non-hydrogen) atoms. The highest BCUT2D eigenvalue weighted by atomic mass is 31.1. The summed E-state index contributed by atoms with van der Waals surface area (Å²) in [6.45, 7) is 12.3. The Hall–Kier alpha value is 0.344. The summed E-state index contributed by atoms with van der Waals surface area (Å²) in [7, 11) is -10.2. The van der Waals surface area contributed by atoms with E-state index in [4.69, 9.17) is 35.0 Å². The molecule has 0 aliphatic rings. The first kappa shape index (κ1) is 24.3. The zero-order valence-corrected chi connectivity index (χ0v) is 18.4. The van der Waals surface area contributed by atoms with Crippen molar-refractivity contribution >= 4 is 26.4 Å². The molecule has 0 unspecified atom stereocenters. The summed E-state index contributed by atoms with van der Waals surface area (Å²) in [6.07, 6.45) is 0. The Morgan fingerprint density at radius 1 is 0.542 bits per heavy atom. The molecule has 9 nitrogen and oxygen atoms in total. The van der Waals surface area contributed by atoms with Gasteiger partial charge in [0.15, 0.2) is 0 Å². The Balaban J connectivity index is 5.16. The van der Waals surface area contributed by atoms with Crippen LogP contribution in [0.4, 0.5) is 0 Å². The zero-order valence-electron chi connectivity index (χ0n) is 15.4. The zero-order chi connectivity index (χ0) is 18.5. The van der Waals surface area contributed by atoms with Gasteiger partial charge in [0.05, 0.1) is 0 Å². The van der Waals surface area contributed by atoms with Crippen LogP contribution < -0.4 is 0 Å². The molecule has 0 amide bonds. The van der Waals surface area contributed by atoms with Crippen LogP contribution in [0.5, 0.6) is 0 Å². The van der Waals surface area contributed by atoms with Crippen LogP contribution in [0.25, 0.3) is 0 Å². The molecule has 0 aromatic heterocycles. The van der Waals surface area contributed by atoms with Gasteiger partial charge in [0.1, 0.15) is 0 Å². The molecule has 0 radical (unpaired) electrons. The molecule has 0 bridgehead atoms. The average Bonchev–Trinajstić information content (AvgIpc) is 2.48. The normalized spacial score (nSPS) is 13.0. The van der Waals surface area contributed by atoms with Crippen LogP contribution in [0.15, 0.2) is 0 Å². The summed E-state index contributed by atoms with van der Waals surface area (Å²) in [4.78, 5) is 0. The fourth-order valence-corrected chi connectivity index (χ4v) is 7.92. The number of hydrogen-bond donors (Lipinski definition) is 0. The molecule has 0 saturated carbocycles. The third-order valence-electron chi connectivity index (χ3n) is 2.34. The van der Waals surface area contributed by atoms with Gasteiger partial charge in [-0.2, -0.15) is 0 Å². The van der Waals surface area contributed by atoms with Gasteiger partial charge in [0.25, 0.3) is 0 Å². The summed E-state index contributed by atoms with van der Waals surface area (Å²) >= 11 is 0. The predicted molar refractivity (Wildman–Crippen MR) is 92.4 cm³/mol. The topological polar surface area (TPSA) is 90.9 Å². The van der Waals surface area contributed by atoms with Crippen molar-refractivity contribution < 1.29 is 39.5 Å². The van der Waals surface area contributed by atoms with Crippen LogP contribution in [0.2, 0.25) is 0 Å². The predicted octanol–water partition coefficient (Wildman–Crippen LogP) is 2.50. The molecule has 146 valence electrons. The van der Waals surface area contributed by atoms with E-state index < -0.39 is 26.4 Å². The van der Waals surface area contributed by atoms with E-state index in [1.54, 1.807) is 41.5 Å². The molecule has 0 fully saturated rings. The van der Waals surface area contributed by atoms with E-state index >= 15 is 0 Å². The van der Waals surface area contributed by atoms with Gasteiger partial charge in [-0.3, -0.25) is 13.0 Å². The first-order valence-corrected chi connectivity index (χ1v) is 12.7. The molecular formula is C12H31O9PSi2. The summed E-state index contributed by atoms with van der Waals surface area (Å²) in [5.74, 6) is 0. The van der Waals surface area contributed by atoms with Gasteiger partial charge in [-0.1, -0.05) is 0 Å². The van der Waals surface area contributed by atoms with Crippen molar-refractivity contribution in [1.29, 1.82) is 0 Å². The molecular weight excluding hydrogens is 375 g/mol. The second-order valence-corrected chi connectivity index (χ2v) is 9.92. The highest BCUT2D eigenvalue weighted by Gasteiger charge is 2.52. The van der Waals surface area contributed by atoms with E-state index in [0.29, 0.717) is 0 Å². The summed E-state index contributed by atoms with van der Waals surface area (Å²) in [5, 5.41) is 0. The highest BCUT2D eigenvalue weighted by Crippen LogP contribution is 2.36. The molecule has 0 aromatic rings. The van der Waals surface area contributed by atoms with Crippen LogP contribution in [-0.2, 0) is 39.5 Å². The van der Waals surface area contributed by atoms with E-state index in [1.807, 2.05) is 0 Å². The Morgan fingerprint density at radius 2 is 0.750 bits per heavy atom. The van der Waals surface area contributed by atoms with Crippen molar-refractivity contribution in [1.82, 2.24) is 0 Å². The molecule has 0 atom stereocenters. The van der Waals surface area contributed by atoms with Crippen molar-refractivity contribution in [3.05, 3.63) is 0 Å². The Bertz CT molecular complexity index is 284. The first-order valence-electron chi connectivity index (χ1n) is 8.22. The van der Waals surface area contributed by atoms with Gasteiger partial charge in [-0.25, -0.2) is 0 Å². The van der Waals surface area contributed by atoms with Crippen LogP contribution in [-0.4, -0.2) is 57.7 Å². The lowest BCUT2D eigenvalue weighted by atomic mass is 10.9. The molecule has 0 rings (SSSR count). The molecule has 0 aliphatic heterocycles. The highest BCUT2D eigenvalue weighted by molar-refractivity contribution is 7.37. The summed E-state index contributed by atoms with van der Waals surface area (Å²) < 4.78 is 56.3. The third kappa shape index (κ3) is 8.63. The minimum atomic E-state index is -3.56. The van der Waals surface area contributed by atoms with E-state index in [2.05, 4.69) is 0 Å². The maximum absolute atomic E-state index is 12.5. The lowest BCUT2D eigenvalue weighted by Crippen LogP contribution is -2.50. The van der Waals surface area contributed by atoms with Crippen LogP contribution in [0.3, 0.4) is 0 Å². The third-order valence-corrected chi connectivity index (χ3v) is 9.53. The summed E-state index contributed by atoms with van der Waals surface area (Å²) in [5.41, 5.74) is 0. The maximum atomic E-state index is 12.5. The maximum Gasteiger partial charge on any atom is 0.686 e. The molecule has 0 spiro atoms. The van der Waals surface area contributed by atoms with Gasteiger partial charge in [0.2, 0.25) is 0 Å². The lowest BCUT2D eigenvalue weighted by Gasteiger charge is -2.29. The van der Waals surface area contributed by atoms with E-state index in [9.17, 15) is 4.57 Å². The fourth-order valence-electron chi connectivity index (χ4n) is 1.71. The summed E-state index contributed by atoms with van der Waals surface area (Å²) in [6, 6.07) is 0. The van der Waals surface area contributed by atoms with E-state index in [0.717, 1.165) is 0 Å². The van der Waals surface area contributed by atoms with Gasteiger partial charge in [-0.05, 0) is 41.5 Å². The smallest absolute Gasteiger partial charge is 0.351 e. The van der Waals surface area contributed by atoms with Crippen LogP contribution >= 0.6 is 8.25 Å². The minimum absolute atomic E-state index is 0.284. The molecule has 0 heterocycles. The van der Waals surface area contributed by atoms with Gasteiger partial charge < -0.3 is 26.6 Å². The number of rotatable bonds is 16. The number of hydrogen-bond acceptors (Lipinski definition) is 9. The van der Waals surface area contributed by atoms with Crippen molar-refractivity contribution in [2.24, 2.45) is 0 Å². The van der Waals surface area contributed by atoms with E-state index in [-0.39, 0.29) is 39.6 Å². The SMILES string of the molecule is CCO[Si](OCC)(OCC)O[PH](=O)O[Si](OCC)(OCC)OCC. The Kier molecular flexibility index (Phi) is 13.7. The van der Waals surface area contributed by atoms with Gasteiger partial charge in [-0.15, -0.1) is 0 Å². The quantitative estimate of drug-likeness (QED) is 0.283. The first-order chi connectivity index (χ1) is 11.5. The molecule has 0 N–H and O–H groups in total. The minimum Gasteiger partial charge on any atom is -0.351 e. The second kappa shape index (κ2) is 13.5. The molecule has 12 heteroatoms. The molecule has 0 aromatic carbocycles. The van der Waals surface area contributed by atoms with Crippen molar-refractivity contribution in [2.75, 3.05) is 39.6 Å². The van der Waals surface area contributed by atoms with E-state index in [1.165, 1.54) is 0 Å². The monoisotopic (exact) mass is 406 g/mol. The van der Waals surface area contributed by atoms with Crippen LogP contribution in [0.1, 0.15) is 41.5 Å². The van der Waals surface area contributed by atoms with Crippen molar-refractivity contribution in [3.63, 3.8) is 0 Å². The fraction of sp³-hybridized carbons (Fsp3) is 1.00. The van der Waals surface area contributed by atoms with Gasteiger partial charge in [0, 0.05) is 39.6 Å². The van der Waals surface area contributed by atoms with Crippen molar-refractivity contribution in [2.45, 2.75) is 41.5 Å². The molecule has 0 saturated heterocycles. The van der Waals surface area contributed by atoms with Crippen LogP contribution in [0, 0.1) is 0 Å². The lowest BCUT2D eigenvalue weighted by molar-refractivity contribution is -0.00614. The Labute approximate surface area is 147 Å². The second-order valence-electron chi connectivity index (χ2n) is 4.05. The Morgan fingerprint density at radius 3 is 0.917 bits per heavy atom. The van der Waals surface area contributed by atoms with Gasteiger partial charge >= 0.3 is 26.4 Å².